The van der Waals surface area contributed by atoms with Gasteiger partial charge >= 0.3 is 0 Å². The van der Waals surface area contributed by atoms with E-state index in [9.17, 15) is 9.59 Å². The van der Waals surface area contributed by atoms with E-state index in [1.807, 2.05) is 9.80 Å². The number of unbranched alkanes of at least 4 members (excludes halogenated alkanes) is 3. The smallest absolute Gasteiger partial charge is 0.249 e. The van der Waals surface area contributed by atoms with Crippen molar-refractivity contribution in [2.45, 2.75) is 88.3 Å². The van der Waals surface area contributed by atoms with Crippen molar-refractivity contribution < 1.29 is 14.3 Å². The third-order valence-electron chi connectivity index (χ3n) is 8.61. The lowest BCUT2D eigenvalue weighted by Crippen LogP contribution is -2.73. The molecule has 2 atom stereocenters. The van der Waals surface area contributed by atoms with Crippen LogP contribution in [0.3, 0.4) is 0 Å². The summed E-state index contributed by atoms with van der Waals surface area (Å²) in [6.45, 7) is 5.03. The van der Waals surface area contributed by atoms with Crippen LogP contribution in [-0.4, -0.2) is 83.5 Å². The fourth-order valence-corrected chi connectivity index (χ4v) is 6.59. The van der Waals surface area contributed by atoms with Gasteiger partial charge in [-0.3, -0.25) is 9.59 Å². The molecule has 6 heteroatoms. The summed E-state index contributed by atoms with van der Waals surface area (Å²) in [5.74, 6) is 0.396. The Bertz CT molecular complexity index is 831. The van der Waals surface area contributed by atoms with Gasteiger partial charge in [-0.2, -0.15) is 0 Å². The third kappa shape index (κ3) is 4.90. The summed E-state index contributed by atoms with van der Waals surface area (Å²) in [5.41, 5.74) is 0.791. The van der Waals surface area contributed by atoms with E-state index in [4.69, 9.17) is 4.74 Å². The molecule has 1 aromatic carbocycles. The zero-order chi connectivity index (χ0) is 23.4. The van der Waals surface area contributed by atoms with E-state index in [1.54, 1.807) is 0 Å². The Hall–Kier alpha value is -1.92. The zero-order valence-corrected chi connectivity index (χ0v) is 20.6. The number of amides is 2. The summed E-state index contributed by atoms with van der Waals surface area (Å²) >= 11 is 0. The molecule has 0 saturated carbocycles. The molecule has 1 spiro atoms. The number of carbonyl (C=O) groups excluding carboxylic acids is 2. The zero-order valence-electron chi connectivity index (χ0n) is 20.6. The van der Waals surface area contributed by atoms with E-state index in [1.165, 1.54) is 37.7 Å². The molecule has 5 rings (SSSR count). The lowest BCUT2D eigenvalue weighted by molar-refractivity contribution is -0.174. The third-order valence-corrected chi connectivity index (χ3v) is 8.61. The van der Waals surface area contributed by atoms with Gasteiger partial charge in [-0.1, -0.05) is 43.2 Å². The molecule has 4 heterocycles. The summed E-state index contributed by atoms with van der Waals surface area (Å²) in [6, 6.07) is 10.5. The molecule has 34 heavy (non-hydrogen) atoms. The van der Waals surface area contributed by atoms with Crippen molar-refractivity contribution in [3.05, 3.63) is 35.9 Å². The molecule has 0 radical (unpaired) electrons. The van der Waals surface area contributed by atoms with Crippen LogP contribution in [0.5, 0.6) is 0 Å². The highest BCUT2D eigenvalue weighted by Gasteiger charge is 2.58. The molecule has 2 amide bonds. The van der Waals surface area contributed by atoms with Crippen LogP contribution in [0.25, 0.3) is 0 Å². The molecule has 186 valence electrons. The van der Waals surface area contributed by atoms with Gasteiger partial charge in [0.25, 0.3) is 0 Å². The predicted molar refractivity (Wildman–Crippen MR) is 132 cm³/mol. The van der Waals surface area contributed by atoms with Gasteiger partial charge in [0.15, 0.2) is 0 Å². The minimum atomic E-state index is -0.643. The summed E-state index contributed by atoms with van der Waals surface area (Å²) in [5, 5.41) is 0. The van der Waals surface area contributed by atoms with Crippen LogP contribution in [0.2, 0.25) is 0 Å². The van der Waals surface area contributed by atoms with E-state index in [-0.39, 0.29) is 24.0 Å². The van der Waals surface area contributed by atoms with Crippen LogP contribution >= 0.6 is 0 Å². The first-order valence-electron chi connectivity index (χ1n) is 13.7. The standard InChI is InChI=1S/C28H41N3O3/c32-26-25-14-8-18-30(25)27(33)28(31(26)22-24-13-9-21-34-24)15-19-29(20-16-28)17-7-2-1-4-10-23-11-5-3-6-12-23/h3,5-6,11-12,24-25H,1-2,4,7-10,13-22H2. The lowest BCUT2D eigenvalue weighted by atomic mass is 9.80. The average molecular weight is 468 g/mol. The quantitative estimate of drug-likeness (QED) is 0.521. The number of hydrogen-bond donors (Lipinski definition) is 0. The van der Waals surface area contributed by atoms with Crippen LogP contribution in [0.15, 0.2) is 30.3 Å². The number of rotatable bonds is 9. The topological polar surface area (TPSA) is 53.1 Å². The maximum Gasteiger partial charge on any atom is 0.249 e. The number of ether oxygens (including phenoxy) is 1. The Morgan fingerprint density at radius 3 is 2.47 bits per heavy atom. The van der Waals surface area contributed by atoms with Gasteiger partial charge in [-0.15, -0.1) is 0 Å². The number of aryl methyl sites for hydroxylation is 1. The molecule has 4 aliphatic rings. The minimum Gasteiger partial charge on any atom is -0.376 e. The summed E-state index contributed by atoms with van der Waals surface area (Å²) in [7, 11) is 0. The highest BCUT2D eigenvalue weighted by atomic mass is 16.5. The minimum absolute atomic E-state index is 0.0930. The van der Waals surface area contributed by atoms with E-state index >= 15 is 0 Å². The Morgan fingerprint density at radius 2 is 1.71 bits per heavy atom. The van der Waals surface area contributed by atoms with Crippen molar-refractivity contribution in [3.63, 3.8) is 0 Å². The number of piperidine rings is 1. The van der Waals surface area contributed by atoms with Crippen LogP contribution < -0.4 is 0 Å². The van der Waals surface area contributed by atoms with Gasteiger partial charge in [0, 0.05) is 32.8 Å². The molecule has 6 nitrogen and oxygen atoms in total. The molecule has 2 unspecified atom stereocenters. The van der Waals surface area contributed by atoms with Gasteiger partial charge in [0.05, 0.1) is 6.10 Å². The SMILES string of the molecule is O=C1C2CCCN2C(=O)C2(CCN(CCCCCCc3ccccc3)CC2)N1CC1CCCO1. The van der Waals surface area contributed by atoms with Crippen LogP contribution in [-0.2, 0) is 20.7 Å². The average Bonchev–Trinajstić information content (AvgIpc) is 3.57. The van der Waals surface area contributed by atoms with Crippen molar-refractivity contribution in [2.24, 2.45) is 0 Å². The molecule has 0 bridgehead atoms. The monoisotopic (exact) mass is 467 g/mol. The predicted octanol–water partition coefficient (Wildman–Crippen LogP) is 3.64. The second-order valence-electron chi connectivity index (χ2n) is 10.8. The Morgan fingerprint density at radius 1 is 0.912 bits per heavy atom. The molecule has 4 fully saturated rings. The first-order chi connectivity index (χ1) is 16.7. The lowest BCUT2D eigenvalue weighted by Gasteiger charge is -2.54. The Kier molecular flexibility index (Phi) is 7.55. The fourth-order valence-electron chi connectivity index (χ4n) is 6.59. The Balaban J connectivity index is 1.13. The molecule has 0 aromatic heterocycles. The molecule has 1 aromatic rings. The highest BCUT2D eigenvalue weighted by Crippen LogP contribution is 2.40. The van der Waals surface area contributed by atoms with Crippen molar-refractivity contribution in [1.82, 2.24) is 14.7 Å². The number of piperazine rings is 1. The molecular weight excluding hydrogens is 426 g/mol. The second kappa shape index (κ2) is 10.8. The normalized spacial score (nSPS) is 27.1. The maximum atomic E-state index is 13.7. The van der Waals surface area contributed by atoms with Crippen LogP contribution in [0.4, 0.5) is 0 Å². The van der Waals surface area contributed by atoms with Gasteiger partial charge in [0.2, 0.25) is 11.8 Å². The summed E-state index contributed by atoms with van der Waals surface area (Å²) in [4.78, 5) is 33.7. The number of carbonyl (C=O) groups is 2. The second-order valence-corrected chi connectivity index (χ2v) is 10.8. The number of fused-ring (bicyclic) bond motifs is 1. The van der Waals surface area contributed by atoms with E-state index < -0.39 is 5.54 Å². The highest BCUT2D eigenvalue weighted by molar-refractivity contribution is 6.00. The number of likely N-dealkylation sites (tertiary alicyclic amines) is 1. The Labute approximate surface area is 204 Å². The first-order valence-corrected chi connectivity index (χ1v) is 13.7. The molecule has 4 aliphatic heterocycles. The van der Waals surface area contributed by atoms with Gasteiger partial charge in [-0.05, 0) is 69.9 Å². The van der Waals surface area contributed by atoms with E-state index in [0.717, 1.165) is 71.3 Å². The number of nitrogens with zero attached hydrogens (tertiary/aromatic N) is 3. The number of benzene rings is 1. The summed E-state index contributed by atoms with van der Waals surface area (Å²) in [6.07, 6.45) is 11.6. The van der Waals surface area contributed by atoms with Crippen molar-refractivity contribution >= 4 is 11.8 Å². The summed E-state index contributed by atoms with van der Waals surface area (Å²) < 4.78 is 5.89. The molecule has 4 saturated heterocycles. The van der Waals surface area contributed by atoms with Gasteiger partial charge in [-0.25, -0.2) is 0 Å². The van der Waals surface area contributed by atoms with Gasteiger partial charge < -0.3 is 19.4 Å². The van der Waals surface area contributed by atoms with E-state index in [2.05, 4.69) is 35.2 Å². The molecular formula is C28H41N3O3. The molecule has 0 aliphatic carbocycles. The van der Waals surface area contributed by atoms with E-state index in [0.29, 0.717) is 6.54 Å². The first kappa shape index (κ1) is 23.8. The van der Waals surface area contributed by atoms with Crippen molar-refractivity contribution in [1.29, 1.82) is 0 Å². The fraction of sp³-hybridized carbons (Fsp3) is 0.714. The van der Waals surface area contributed by atoms with Crippen LogP contribution in [0, 0.1) is 0 Å². The van der Waals surface area contributed by atoms with Crippen molar-refractivity contribution in [2.75, 3.05) is 39.3 Å². The molecule has 0 N–H and O–H groups in total. The largest absolute Gasteiger partial charge is 0.376 e. The number of hydrogen-bond acceptors (Lipinski definition) is 4. The van der Waals surface area contributed by atoms with Crippen LogP contribution in [0.1, 0.15) is 69.8 Å². The van der Waals surface area contributed by atoms with Gasteiger partial charge in [0.1, 0.15) is 11.6 Å². The maximum absolute atomic E-state index is 13.7. The van der Waals surface area contributed by atoms with Crippen molar-refractivity contribution in [3.8, 4) is 0 Å².